The molecular weight excluding hydrogens is 374 g/mol. The third-order valence-electron chi connectivity index (χ3n) is 6.14. The summed E-state index contributed by atoms with van der Waals surface area (Å²) in [4.78, 5) is 19.4. The van der Waals surface area contributed by atoms with Gasteiger partial charge >= 0.3 is 0 Å². The number of likely N-dealkylation sites (tertiary alicyclic amines) is 1. The number of carbonyl (C=O) groups is 1. The molecule has 5 nitrogen and oxygen atoms in total. The molecule has 2 aromatic rings. The van der Waals surface area contributed by atoms with Gasteiger partial charge in [0, 0.05) is 43.6 Å². The lowest BCUT2D eigenvalue weighted by molar-refractivity contribution is -0.147. The zero-order valence-electron chi connectivity index (χ0n) is 15.9. The number of pyridine rings is 1. The van der Waals surface area contributed by atoms with E-state index in [0.717, 1.165) is 30.4 Å². The van der Waals surface area contributed by atoms with Crippen LogP contribution in [0.25, 0.3) is 0 Å². The number of amides is 1. The predicted octanol–water partition coefficient (Wildman–Crippen LogP) is 2.84. The molecule has 28 heavy (non-hydrogen) atoms. The smallest absolute Gasteiger partial charge is 0.231 e. The fraction of sp³-hybridized carbons (Fsp3) is 0.455. The number of aliphatic hydroxyl groups is 1. The summed E-state index contributed by atoms with van der Waals surface area (Å²) in [6, 6.07) is 11.5. The topological polar surface area (TPSA) is 65.5 Å². The number of carbonyl (C=O) groups excluding carboxylic acids is 1. The van der Waals surface area contributed by atoms with E-state index in [1.807, 2.05) is 41.3 Å². The van der Waals surface area contributed by atoms with Gasteiger partial charge in [0.1, 0.15) is 0 Å². The summed E-state index contributed by atoms with van der Waals surface area (Å²) >= 11 is 5.99. The van der Waals surface area contributed by atoms with Crippen molar-refractivity contribution in [3.8, 4) is 0 Å². The molecule has 0 bridgehead atoms. The van der Waals surface area contributed by atoms with Gasteiger partial charge in [-0.15, -0.1) is 0 Å². The van der Waals surface area contributed by atoms with E-state index in [1.54, 1.807) is 12.4 Å². The molecule has 1 atom stereocenters. The summed E-state index contributed by atoms with van der Waals surface area (Å²) in [5.41, 5.74) is 1.64. The maximum absolute atomic E-state index is 13.3. The Labute approximate surface area is 170 Å². The normalized spacial score (nSPS) is 20.4. The molecular formula is C22H26ClN3O2. The molecule has 6 heteroatoms. The summed E-state index contributed by atoms with van der Waals surface area (Å²) in [5, 5.41) is 14.6. The van der Waals surface area contributed by atoms with E-state index in [9.17, 15) is 9.90 Å². The van der Waals surface area contributed by atoms with Gasteiger partial charge in [0.2, 0.25) is 5.91 Å². The number of hydrogen-bond acceptors (Lipinski definition) is 4. The van der Waals surface area contributed by atoms with Crippen LogP contribution in [0.4, 0.5) is 0 Å². The van der Waals surface area contributed by atoms with E-state index < -0.39 is 6.10 Å². The SMILES string of the molecule is O=C(N1CCC(C(O)c2cccnc2)CC1)C1(Cc2ccc(Cl)cc2)CNC1. The fourth-order valence-electron chi connectivity index (χ4n) is 4.35. The van der Waals surface area contributed by atoms with Crippen LogP contribution in [0.5, 0.6) is 0 Å². The Kier molecular flexibility index (Phi) is 5.67. The molecule has 2 aliphatic rings. The summed E-state index contributed by atoms with van der Waals surface area (Å²) in [6.07, 6.45) is 5.28. The molecule has 0 saturated carbocycles. The molecule has 0 aliphatic carbocycles. The number of halogens is 1. The molecule has 3 heterocycles. The number of nitrogens with one attached hydrogen (secondary N) is 1. The second kappa shape index (κ2) is 8.19. The van der Waals surface area contributed by atoms with Gasteiger partial charge < -0.3 is 15.3 Å². The highest BCUT2D eigenvalue weighted by Gasteiger charge is 2.47. The number of piperidine rings is 1. The quantitative estimate of drug-likeness (QED) is 0.811. The first-order valence-electron chi connectivity index (χ1n) is 9.90. The highest BCUT2D eigenvalue weighted by molar-refractivity contribution is 6.30. The van der Waals surface area contributed by atoms with Gasteiger partial charge in [0.25, 0.3) is 0 Å². The minimum Gasteiger partial charge on any atom is -0.388 e. The van der Waals surface area contributed by atoms with Crippen molar-refractivity contribution in [2.24, 2.45) is 11.3 Å². The van der Waals surface area contributed by atoms with Gasteiger partial charge in [-0.3, -0.25) is 9.78 Å². The lowest BCUT2D eigenvalue weighted by Crippen LogP contribution is -2.63. The Bertz CT molecular complexity index is 800. The van der Waals surface area contributed by atoms with Crippen molar-refractivity contribution < 1.29 is 9.90 Å². The number of aromatic nitrogens is 1. The predicted molar refractivity (Wildman–Crippen MR) is 109 cm³/mol. The van der Waals surface area contributed by atoms with E-state index in [1.165, 1.54) is 0 Å². The second-order valence-corrected chi connectivity index (χ2v) is 8.48. The number of aliphatic hydroxyl groups excluding tert-OH is 1. The Morgan fingerprint density at radius 2 is 1.96 bits per heavy atom. The average molecular weight is 400 g/mol. The van der Waals surface area contributed by atoms with Crippen LogP contribution < -0.4 is 5.32 Å². The first-order chi connectivity index (χ1) is 13.6. The van der Waals surface area contributed by atoms with Gasteiger partial charge in [0.15, 0.2) is 0 Å². The summed E-state index contributed by atoms with van der Waals surface area (Å²) < 4.78 is 0. The van der Waals surface area contributed by atoms with Gasteiger partial charge in [-0.05, 0) is 54.5 Å². The Morgan fingerprint density at radius 3 is 2.54 bits per heavy atom. The minimum absolute atomic E-state index is 0.167. The largest absolute Gasteiger partial charge is 0.388 e. The van der Waals surface area contributed by atoms with E-state index in [0.29, 0.717) is 31.2 Å². The molecule has 1 aromatic heterocycles. The van der Waals surface area contributed by atoms with Crippen molar-refractivity contribution in [1.29, 1.82) is 0 Å². The molecule has 2 fully saturated rings. The van der Waals surface area contributed by atoms with Crippen molar-refractivity contribution in [1.82, 2.24) is 15.2 Å². The van der Waals surface area contributed by atoms with Gasteiger partial charge in [-0.1, -0.05) is 29.8 Å². The molecule has 1 aromatic carbocycles. The van der Waals surface area contributed by atoms with E-state index in [4.69, 9.17) is 11.6 Å². The highest BCUT2D eigenvalue weighted by Crippen LogP contribution is 2.35. The first-order valence-corrected chi connectivity index (χ1v) is 10.3. The van der Waals surface area contributed by atoms with Crippen LogP contribution in [0.15, 0.2) is 48.8 Å². The van der Waals surface area contributed by atoms with E-state index >= 15 is 0 Å². The number of rotatable bonds is 5. The molecule has 2 N–H and O–H groups in total. The molecule has 1 amide bonds. The number of benzene rings is 1. The Morgan fingerprint density at radius 1 is 1.25 bits per heavy atom. The maximum Gasteiger partial charge on any atom is 0.231 e. The number of hydrogen-bond donors (Lipinski definition) is 2. The summed E-state index contributed by atoms with van der Waals surface area (Å²) in [6.45, 7) is 2.83. The van der Waals surface area contributed by atoms with Crippen LogP contribution >= 0.6 is 11.6 Å². The van der Waals surface area contributed by atoms with Crippen molar-refractivity contribution in [3.05, 3.63) is 64.9 Å². The lowest BCUT2D eigenvalue weighted by atomic mass is 9.74. The summed E-state index contributed by atoms with van der Waals surface area (Å²) in [5.74, 6) is 0.399. The third-order valence-corrected chi connectivity index (χ3v) is 6.39. The van der Waals surface area contributed by atoms with Crippen LogP contribution in [0, 0.1) is 11.3 Å². The van der Waals surface area contributed by atoms with Crippen molar-refractivity contribution in [2.45, 2.75) is 25.4 Å². The van der Waals surface area contributed by atoms with Gasteiger partial charge in [-0.2, -0.15) is 0 Å². The molecule has 2 aliphatic heterocycles. The Balaban J connectivity index is 1.38. The minimum atomic E-state index is -0.514. The maximum atomic E-state index is 13.3. The van der Waals surface area contributed by atoms with Gasteiger partial charge in [0.05, 0.1) is 11.5 Å². The molecule has 4 rings (SSSR count). The molecule has 0 radical (unpaired) electrons. The van der Waals surface area contributed by atoms with Crippen LogP contribution in [0.1, 0.15) is 30.1 Å². The van der Waals surface area contributed by atoms with Crippen LogP contribution in [-0.2, 0) is 11.2 Å². The first kappa shape index (κ1) is 19.4. The summed E-state index contributed by atoms with van der Waals surface area (Å²) in [7, 11) is 0. The van der Waals surface area contributed by atoms with E-state index in [-0.39, 0.29) is 17.2 Å². The number of nitrogens with zero attached hydrogens (tertiary/aromatic N) is 2. The van der Waals surface area contributed by atoms with E-state index in [2.05, 4.69) is 10.3 Å². The monoisotopic (exact) mass is 399 g/mol. The standard InChI is InChI=1S/C22H26ClN3O2/c23-19-5-3-16(4-6-19)12-22(14-25-15-22)21(28)26-10-7-17(8-11-26)20(27)18-2-1-9-24-13-18/h1-6,9,13,17,20,25,27H,7-8,10-12,14-15H2. The zero-order chi connectivity index (χ0) is 19.6. The second-order valence-electron chi connectivity index (χ2n) is 8.05. The van der Waals surface area contributed by atoms with Crippen LogP contribution in [0.3, 0.4) is 0 Å². The molecule has 0 spiro atoms. The lowest BCUT2D eigenvalue weighted by Gasteiger charge is -2.46. The molecule has 1 unspecified atom stereocenters. The van der Waals surface area contributed by atoms with Crippen molar-refractivity contribution >= 4 is 17.5 Å². The zero-order valence-corrected chi connectivity index (χ0v) is 16.6. The third kappa shape index (κ3) is 3.93. The molecule has 148 valence electrons. The molecule has 2 saturated heterocycles. The van der Waals surface area contributed by atoms with Crippen molar-refractivity contribution in [3.63, 3.8) is 0 Å². The average Bonchev–Trinajstić information content (AvgIpc) is 2.72. The van der Waals surface area contributed by atoms with Crippen molar-refractivity contribution in [2.75, 3.05) is 26.2 Å². The van der Waals surface area contributed by atoms with Crippen LogP contribution in [0.2, 0.25) is 5.02 Å². The Hall–Kier alpha value is -1.95. The fourth-order valence-corrected chi connectivity index (χ4v) is 4.47. The van der Waals surface area contributed by atoms with Crippen LogP contribution in [-0.4, -0.2) is 47.1 Å². The highest BCUT2D eigenvalue weighted by atomic mass is 35.5. The van der Waals surface area contributed by atoms with Gasteiger partial charge in [-0.25, -0.2) is 0 Å².